The largest absolute Gasteiger partial charge is 0.394 e. The van der Waals surface area contributed by atoms with Crippen molar-refractivity contribution in [2.75, 3.05) is 46.1 Å². The van der Waals surface area contributed by atoms with E-state index >= 15 is 0 Å². The molecule has 0 aromatic rings. The number of aliphatic hydroxyl groups is 3. The van der Waals surface area contributed by atoms with E-state index in [0.29, 0.717) is 26.3 Å². The highest BCUT2D eigenvalue weighted by Gasteiger charge is 2.32. The Balaban J connectivity index is 2.53. The number of aliphatic hydroxyl groups excluding tert-OH is 3. The van der Waals surface area contributed by atoms with E-state index in [2.05, 4.69) is 5.32 Å². The Labute approximate surface area is 93.6 Å². The molecule has 1 aliphatic rings. The molecule has 1 fully saturated rings. The normalized spacial score (nSPS) is 17.3. The second kappa shape index (κ2) is 6.00. The number of amides is 2. The van der Waals surface area contributed by atoms with Gasteiger partial charge in [0, 0.05) is 13.1 Å². The van der Waals surface area contributed by atoms with E-state index in [1.54, 1.807) is 0 Å². The van der Waals surface area contributed by atoms with Gasteiger partial charge in [0.1, 0.15) is 5.54 Å². The SMILES string of the molecule is O=C(NC(CO)(CO)CO)N1CCOCC1. The van der Waals surface area contributed by atoms with Crippen LogP contribution in [0.25, 0.3) is 0 Å². The maximum Gasteiger partial charge on any atom is 0.318 e. The van der Waals surface area contributed by atoms with Gasteiger partial charge in [0.05, 0.1) is 33.0 Å². The third-order valence-electron chi connectivity index (χ3n) is 2.58. The van der Waals surface area contributed by atoms with Crippen LogP contribution in [0.5, 0.6) is 0 Å². The van der Waals surface area contributed by atoms with Crippen LogP contribution < -0.4 is 5.32 Å². The molecule has 7 heteroatoms. The molecular formula is C9H18N2O5. The number of rotatable bonds is 4. The van der Waals surface area contributed by atoms with Crippen LogP contribution in [-0.4, -0.2) is 77.9 Å². The van der Waals surface area contributed by atoms with Crippen LogP contribution in [0.3, 0.4) is 0 Å². The summed E-state index contributed by atoms with van der Waals surface area (Å²) in [7, 11) is 0. The predicted octanol–water partition coefficient (Wildman–Crippen LogP) is -2.26. The van der Waals surface area contributed by atoms with Crippen LogP contribution in [-0.2, 0) is 4.74 Å². The second-order valence-electron chi connectivity index (χ2n) is 3.78. The summed E-state index contributed by atoms with van der Waals surface area (Å²) in [6.45, 7) is 0.312. The van der Waals surface area contributed by atoms with Gasteiger partial charge in [0.15, 0.2) is 0 Å². The molecule has 1 aliphatic heterocycles. The topological polar surface area (TPSA) is 102 Å². The van der Waals surface area contributed by atoms with E-state index in [0.717, 1.165) is 0 Å². The van der Waals surface area contributed by atoms with Crippen molar-refractivity contribution in [1.82, 2.24) is 10.2 Å². The molecule has 1 saturated heterocycles. The van der Waals surface area contributed by atoms with Gasteiger partial charge in [-0.25, -0.2) is 4.79 Å². The first-order valence-corrected chi connectivity index (χ1v) is 5.15. The van der Waals surface area contributed by atoms with Crippen LogP contribution >= 0.6 is 0 Å². The van der Waals surface area contributed by atoms with Crippen molar-refractivity contribution in [3.05, 3.63) is 0 Å². The van der Waals surface area contributed by atoms with Gasteiger partial charge in [0.2, 0.25) is 0 Å². The number of hydrogen-bond acceptors (Lipinski definition) is 5. The smallest absolute Gasteiger partial charge is 0.318 e. The molecule has 0 aromatic heterocycles. The van der Waals surface area contributed by atoms with E-state index in [4.69, 9.17) is 20.1 Å². The van der Waals surface area contributed by atoms with E-state index in [1.165, 1.54) is 4.90 Å². The molecule has 0 aliphatic carbocycles. The van der Waals surface area contributed by atoms with E-state index in [-0.39, 0.29) is 0 Å². The van der Waals surface area contributed by atoms with Gasteiger partial charge in [-0.15, -0.1) is 0 Å². The highest BCUT2D eigenvalue weighted by molar-refractivity contribution is 5.75. The second-order valence-corrected chi connectivity index (χ2v) is 3.78. The molecule has 0 radical (unpaired) electrons. The molecular weight excluding hydrogens is 216 g/mol. The Bertz CT molecular complexity index is 218. The van der Waals surface area contributed by atoms with E-state index < -0.39 is 31.4 Å². The molecule has 0 spiro atoms. The van der Waals surface area contributed by atoms with E-state index in [1.807, 2.05) is 0 Å². The molecule has 1 heterocycles. The number of nitrogens with zero attached hydrogens (tertiary/aromatic N) is 1. The lowest BCUT2D eigenvalue weighted by Crippen LogP contribution is -2.61. The fourth-order valence-electron chi connectivity index (χ4n) is 1.34. The zero-order valence-electron chi connectivity index (χ0n) is 9.06. The average Bonchev–Trinajstić information content (AvgIpc) is 2.37. The van der Waals surface area contributed by atoms with Crippen molar-refractivity contribution in [2.24, 2.45) is 0 Å². The maximum absolute atomic E-state index is 11.7. The minimum absolute atomic E-state index is 0.416. The maximum atomic E-state index is 11.7. The highest BCUT2D eigenvalue weighted by atomic mass is 16.5. The molecule has 0 saturated carbocycles. The van der Waals surface area contributed by atoms with Crippen molar-refractivity contribution >= 4 is 6.03 Å². The van der Waals surface area contributed by atoms with Gasteiger partial charge in [0.25, 0.3) is 0 Å². The molecule has 0 bridgehead atoms. The molecule has 0 atom stereocenters. The Kier molecular flexibility index (Phi) is 4.94. The lowest BCUT2D eigenvalue weighted by molar-refractivity contribution is 0.0289. The number of morpholine rings is 1. The fraction of sp³-hybridized carbons (Fsp3) is 0.889. The van der Waals surface area contributed by atoms with Gasteiger partial charge in [-0.3, -0.25) is 0 Å². The van der Waals surface area contributed by atoms with Crippen LogP contribution in [0.15, 0.2) is 0 Å². The van der Waals surface area contributed by atoms with Crippen molar-refractivity contribution < 1.29 is 24.9 Å². The zero-order valence-corrected chi connectivity index (χ0v) is 9.06. The van der Waals surface area contributed by atoms with Gasteiger partial charge < -0.3 is 30.3 Å². The zero-order chi connectivity index (χ0) is 12.0. The molecule has 4 N–H and O–H groups in total. The van der Waals surface area contributed by atoms with Crippen LogP contribution in [0.2, 0.25) is 0 Å². The summed E-state index contributed by atoms with van der Waals surface area (Å²) in [5.41, 5.74) is -1.37. The third-order valence-corrected chi connectivity index (χ3v) is 2.58. The molecule has 1 rings (SSSR count). The fourth-order valence-corrected chi connectivity index (χ4v) is 1.34. The number of carbonyl (C=O) groups excluding carboxylic acids is 1. The predicted molar refractivity (Wildman–Crippen MR) is 54.9 cm³/mol. The Morgan fingerprint density at radius 2 is 1.69 bits per heavy atom. The molecule has 16 heavy (non-hydrogen) atoms. The molecule has 2 amide bonds. The first-order valence-electron chi connectivity index (χ1n) is 5.15. The molecule has 0 unspecified atom stereocenters. The lowest BCUT2D eigenvalue weighted by atomic mass is 10.0. The third kappa shape index (κ3) is 3.05. The summed E-state index contributed by atoms with van der Waals surface area (Å²) in [4.78, 5) is 13.2. The molecule has 94 valence electrons. The van der Waals surface area contributed by atoms with Crippen molar-refractivity contribution in [3.63, 3.8) is 0 Å². The van der Waals surface area contributed by atoms with Gasteiger partial charge in [-0.1, -0.05) is 0 Å². The summed E-state index contributed by atoms with van der Waals surface area (Å²) in [6.07, 6.45) is 0. The first-order chi connectivity index (χ1) is 7.67. The minimum atomic E-state index is -1.37. The number of carbonyl (C=O) groups is 1. The Morgan fingerprint density at radius 1 is 1.19 bits per heavy atom. The molecule has 0 aromatic carbocycles. The van der Waals surface area contributed by atoms with Crippen LogP contribution in [0.1, 0.15) is 0 Å². The molecule has 7 nitrogen and oxygen atoms in total. The van der Waals surface area contributed by atoms with E-state index in [9.17, 15) is 4.79 Å². The highest BCUT2D eigenvalue weighted by Crippen LogP contribution is 2.05. The Hall–Kier alpha value is -0.890. The number of urea groups is 1. The quantitative estimate of drug-likeness (QED) is 0.440. The number of hydrogen-bond donors (Lipinski definition) is 4. The average molecular weight is 234 g/mol. The standard InChI is InChI=1S/C9H18N2O5/c12-5-9(6-13,7-14)10-8(15)11-1-3-16-4-2-11/h12-14H,1-7H2,(H,10,15). The summed E-state index contributed by atoms with van der Waals surface area (Å²) in [5.74, 6) is 0. The lowest BCUT2D eigenvalue weighted by Gasteiger charge is -2.33. The van der Waals surface area contributed by atoms with Gasteiger partial charge >= 0.3 is 6.03 Å². The van der Waals surface area contributed by atoms with Crippen molar-refractivity contribution in [2.45, 2.75) is 5.54 Å². The monoisotopic (exact) mass is 234 g/mol. The number of nitrogens with one attached hydrogen (secondary N) is 1. The van der Waals surface area contributed by atoms with Crippen molar-refractivity contribution in [1.29, 1.82) is 0 Å². The Morgan fingerprint density at radius 3 is 2.12 bits per heavy atom. The van der Waals surface area contributed by atoms with Crippen LogP contribution in [0.4, 0.5) is 4.79 Å². The summed E-state index contributed by atoms with van der Waals surface area (Å²) < 4.78 is 5.09. The summed E-state index contributed by atoms with van der Waals surface area (Å²) in [6, 6.07) is -0.416. The van der Waals surface area contributed by atoms with Crippen molar-refractivity contribution in [3.8, 4) is 0 Å². The summed E-state index contributed by atoms with van der Waals surface area (Å²) in [5, 5.41) is 29.6. The summed E-state index contributed by atoms with van der Waals surface area (Å²) >= 11 is 0. The van der Waals surface area contributed by atoms with Crippen LogP contribution in [0, 0.1) is 0 Å². The first kappa shape index (κ1) is 13.2. The minimum Gasteiger partial charge on any atom is -0.394 e. The number of ether oxygens (including phenoxy) is 1. The van der Waals surface area contributed by atoms with Gasteiger partial charge in [-0.2, -0.15) is 0 Å². The van der Waals surface area contributed by atoms with Gasteiger partial charge in [-0.05, 0) is 0 Å².